The molecule has 2 aromatic rings. The maximum Gasteiger partial charge on any atom is 0.244 e. The topological polar surface area (TPSA) is 86.8 Å². The second-order valence-electron chi connectivity index (χ2n) is 9.63. The van der Waals surface area contributed by atoms with Gasteiger partial charge in [-0.1, -0.05) is 53.9 Å². The monoisotopic (exact) mass is 575 g/mol. The van der Waals surface area contributed by atoms with Crippen LogP contribution in [0.2, 0.25) is 15.1 Å². The van der Waals surface area contributed by atoms with Gasteiger partial charge in [0.2, 0.25) is 21.8 Å². The molecule has 198 valence electrons. The summed E-state index contributed by atoms with van der Waals surface area (Å²) in [5.74, 6) is -0.898. The van der Waals surface area contributed by atoms with Gasteiger partial charge in [-0.3, -0.25) is 13.9 Å². The largest absolute Gasteiger partial charge is 0.350 e. The predicted octanol–water partition coefficient (Wildman–Crippen LogP) is 5.44. The van der Waals surface area contributed by atoms with Gasteiger partial charge >= 0.3 is 0 Å². The predicted molar refractivity (Wildman–Crippen MR) is 147 cm³/mol. The highest BCUT2D eigenvalue weighted by molar-refractivity contribution is 7.92. The number of carbonyl (C=O) groups is 2. The van der Waals surface area contributed by atoms with Gasteiger partial charge in [0.15, 0.2) is 0 Å². The Hall–Kier alpha value is -2.00. The van der Waals surface area contributed by atoms with Crippen molar-refractivity contribution >= 4 is 62.3 Å². The fourth-order valence-electron chi connectivity index (χ4n) is 3.65. The first-order valence-corrected chi connectivity index (χ1v) is 14.3. The number of rotatable bonds is 9. The van der Waals surface area contributed by atoms with Crippen LogP contribution in [-0.4, -0.2) is 49.5 Å². The highest BCUT2D eigenvalue weighted by Gasteiger charge is 2.33. The van der Waals surface area contributed by atoms with Crippen molar-refractivity contribution < 1.29 is 18.0 Å². The van der Waals surface area contributed by atoms with Crippen molar-refractivity contribution in [2.45, 2.75) is 59.2 Å². The van der Waals surface area contributed by atoms with Gasteiger partial charge in [0.1, 0.15) is 12.6 Å². The number of benzene rings is 2. The first kappa shape index (κ1) is 30.2. The quantitative estimate of drug-likeness (QED) is 0.430. The highest BCUT2D eigenvalue weighted by atomic mass is 35.5. The Morgan fingerprint density at radius 2 is 1.67 bits per heavy atom. The Morgan fingerprint density at radius 1 is 1.03 bits per heavy atom. The standard InChI is InChI=1S/C25H32Cl3N3O4S/c1-7-21(24(33)29-25(3,4)5)30(14-17-9-11-19(27)20(28)12-17)23(32)15-31(36(6,34)35)22-13-18(26)10-8-16(22)2/h8-13,21H,7,14-15H2,1-6H3,(H,29,33)/t21-/m0/s1. The van der Waals surface area contributed by atoms with E-state index in [1.54, 1.807) is 44.2 Å². The van der Waals surface area contributed by atoms with E-state index in [9.17, 15) is 18.0 Å². The normalized spacial score (nSPS) is 12.7. The van der Waals surface area contributed by atoms with Gasteiger partial charge in [0.05, 0.1) is 22.0 Å². The zero-order valence-corrected chi connectivity index (χ0v) is 24.3. The molecule has 0 aromatic heterocycles. The maximum atomic E-state index is 13.7. The van der Waals surface area contributed by atoms with Crippen molar-refractivity contribution in [2.75, 3.05) is 17.1 Å². The lowest BCUT2D eigenvalue weighted by Crippen LogP contribution is -2.55. The molecular formula is C25H32Cl3N3O4S. The molecule has 0 aliphatic heterocycles. The number of hydrogen-bond acceptors (Lipinski definition) is 4. The van der Waals surface area contributed by atoms with Crippen LogP contribution >= 0.6 is 34.8 Å². The van der Waals surface area contributed by atoms with Crippen molar-refractivity contribution in [3.05, 3.63) is 62.6 Å². The number of hydrogen-bond donors (Lipinski definition) is 1. The average molecular weight is 577 g/mol. The van der Waals surface area contributed by atoms with Crippen LogP contribution in [-0.2, 0) is 26.2 Å². The molecule has 7 nitrogen and oxygen atoms in total. The van der Waals surface area contributed by atoms with Crippen LogP contribution in [0.1, 0.15) is 45.2 Å². The SMILES string of the molecule is CC[C@@H](C(=O)NC(C)(C)C)N(Cc1ccc(Cl)c(Cl)c1)C(=O)CN(c1cc(Cl)ccc1C)S(C)(=O)=O. The van der Waals surface area contributed by atoms with Crippen LogP contribution in [0.15, 0.2) is 36.4 Å². The lowest BCUT2D eigenvalue weighted by molar-refractivity contribution is -0.141. The zero-order valence-electron chi connectivity index (χ0n) is 21.2. The zero-order chi connectivity index (χ0) is 27.4. The molecule has 0 unspecified atom stereocenters. The number of nitrogens with zero attached hydrogens (tertiary/aromatic N) is 2. The van der Waals surface area contributed by atoms with E-state index in [2.05, 4.69) is 5.32 Å². The molecule has 0 aliphatic carbocycles. The van der Waals surface area contributed by atoms with Crippen molar-refractivity contribution in [1.82, 2.24) is 10.2 Å². The molecule has 0 saturated carbocycles. The molecule has 0 spiro atoms. The van der Waals surface area contributed by atoms with Gasteiger partial charge in [-0.25, -0.2) is 8.42 Å². The van der Waals surface area contributed by atoms with E-state index in [-0.39, 0.29) is 12.5 Å². The minimum atomic E-state index is -3.86. The molecule has 0 bridgehead atoms. The van der Waals surface area contributed by atoms with Crippen LogP contribution in [0.3, 0.4) is 0 Å². The summed E-state index contributed by atoms with van der Waals surface area (Å²) in [4.78, 5) is 28.3. The average Bonchev–Trinajstić information content (AvgIpc) is 2.74. The molecule has 11 heteroatoms. The Kier molecular flexibility index (Phi) is 10.1. The van der Waals surface area contributed by atoms with Gasteiger partial charge in [0.25, 0.3) is 0 Å². The molecule has 0 aliphatic rings. The molecule has 2 rings (SSSR count). The summed E-state index contributed by atoms with van der Waals surface area (Å²) in [6.45, 7) is 8.56. The molecule has 2 amide bonds. The minimum Gasteiger partial charge on any atom is -0.350 e. The van der Waals surface area contributed by atoms with E-state index in [0.29, 0.717) is 38.3 Å². The number of nitrogens with one attached hydrogen (secondary N) is 1. The Labute approximate surface area is 228 Å². The fraction of sp³-hybridized carbons (Fsp3) is 0.440. The van der Waals surface area contributed by atoms with Crippen LogP contribution < -0.4 is 9.62 Å². The van der Waals surface area contributed by atoms with E-state index in [0.717, 1.165) is 10.6 Å². The Morgan fingerprint density at radius 3 is 2.19 bits per heavy atom. The second-order valence-corrected chi connectivity index (χ2v) is 12.8. The minimum absolute atomic E-state index is 0.0257. The summed E-state index contributed by atoms with van der Waals surface area (Å²) < 4.78 is 26.5. The summed E-state index contributed by atoms with van der Waals surface area (Å²) in [5.41, 5.74) is 1.04. The van der Waals surface area contributed by atoms with E-state index < -0.39 is 34.1 Å². The van der Waals surface area contributed by atoms with Crippen molar-refractivity contribution in [2.24, 2.45) is 0 Å². The number of anilines is 1. The first-order valence-electron chi connectivity index (χ1n) is 11.3. The molecule has 0 radical (unpaired) electrons. The molecule has 0 fully saturated rings. The van der Waals surface area contributed by atoms with Gasteiger partial charge in [-0.05, 0) is 69.5 Å². The lowest BCUT2D eigenvalue weighted by atomic mass is 10.1. The Bertz CT molecular complexity index is 1230. The van der Waals surface area contributed by atoms with Crippen molar-refractivity contribution in [3.8, 4) is 0 Å². The summed E-state index contributed by atoms with van der Waals surface area (Å²) in [7, 11) is -3.86. The summed E-state index contributed by atoms with van der Waals surface area (Å²) in [6, 6.07) is 8.90. The van der Waals surface area contributed by atoms with Gasteiger partial charge in [-0.2, -0.15) is 0 Å². The van der Waals surface area contributed by atoms with Crippen LogP contribution in [0.25, 0.3) is 0 Å². The second kappa shape index (κ2) is 12.0. The Balaban J connectivity index is 2.53. The van der Waals surface area contributed by atoms with E-state index >= 15 is 0 Å². The molecule has 0 saturated heterocycles. The van der Waals surface area contributed by atoms with E-state index in [1.165, 1.54) is 11.0 Å². The van der Waals surface area contributed by atoms with E-state index in [1.807, 2.05) is 20.8 Å². The summed E-state index contributed by atoms with van der Waals surface area (Å²) in [6.07, 6.45) is 1.33. The number of aryl methyl sites for hydroxylation is 1. The van der Waals surface area contributed by atoms with Crippen LogP contribution in [0.5, 0.6) is 0 Å². The first-order chi connectivity index (χ1) is 16.5. The molecule has 1 N–H and O–H groups in total. The third kappa shape index (κ3) is 8.26. The molecule has 1 atom stereocenters. The smallest absolute Gasteiger partial charge is 0.244 e. The third-order valence-electron chi connectivity index (χ3n) is 5.34. The molecular weight excluding hydrogens is 545 g/mol. The van der Waals surface area contributed by atoms with E-state index in [4.69, 9.17) is 34.8 Å². The number of amides is 2. The number of carbonyl (C=O) groups excluding carboxylic acids is 2. The van der Waals surface area contributed by atoms with Crippen molar-refractivity contribution in [3.63, 3.8) is 0 Å². The molecule has 36 heavy (non-hydrogen) atoms. The van der Waals surface area contributed by atoms with Gasteiger partial charge in [0, 0.05) is 17.1 Å². The third-order valence-corrected chi connectivity index (χ3v) is 7.44. The van der Waals surface area contributed by atoms with Gasteiger partial charge < -0.3 is 10.2 Å². The van der Waals surface area contributed by atoms with Crippen LogP contribution in [0, 0.1) is 6.92 Å². The number of halogens is 3. The molecule has 0 heterocycles. The highest BCUT2D eigenvalue weighted by Crippen LogP contribution is 2.28. The van der Waals surface area contributed by atoms with Crippen molar-refractivity contribution in [1.29, 1.82) is 0 Å². The van der Waals surface area contributed by atoms with Crippen LogP contribution in [0.4, 0.5) is 5.69 Å². The number of sulfonamides is 1. The fourth-order valence-corrected chi connectivity index (χ4v) is 5.04. The molecule has 2 aromatic carbocycles. The maximum absolute atomic E-state index is 13.7. The lowest BCUT2D eigenvalue weighted by Gasteiger charge is -2.34. The summed E-state index contributed by atoms with van der Waals surface area (Å²) >= 11 is 18.4. The van der Waals surface area contributed by atoms with Gasteiger partial charge in [-0.15, -0.1) is 0 Å². The summed E-state index contributed by atoms with van der Waals surface area (Å²) in [5, 5.41) is 3.91.